The average molecular weight is 217 g/mol. The van der Waals surface area contributed by atoms with Crippen LogP contribution in [0.15, 0.2) is 0 Å². The monoisotopic (exact) mass is 217 g/mol. The second-order valence-electron chi connectivity index (χ2n) is 4.16. The molecule has 3 N–H and O–H groups in total. The van der Waals surface area contributed by atoms with Gasteiger partial charge in [0.25, 0.3) is 0 Å². The van der Waals surface area contributed by atoms with E-state index in [2.05, 4.69) is 6.92 Å². The third-order valence-electron chi connectivity index (χ3n) is 2.23. The van der Waals surface area contributed by atoms with Gasteiger partial charge in [0.05, 0.1) is 18.6 Å². The van der Waals surface area contributed by atoms with Gasteiger partial charge in [-0.1, -0.05) is 26.2 Å². The highest BCUT2D eigenvalue weighted by atomic mass is 16.5. The minimum absolute atomic E-state index is 0.0305. The molecule has 0 aliphatic heterocycles. The number of hydrogen-bond donors (Lipinski definition) is 2. The summed E-state index contributed by atoms with van der Waals surface area (Å²) in [6, 6.07) is 0. The largest absolute Gasteiger partial charge is 0.466 e. The highest BCUT2D eigenvalue weighted by Crippen LogP contribution is 2.08. The zero-order valence-electron chi connectivity index (χ0n) is 9.79. The van der Waals surface area contributed by atoms with E-state index in [-0.39, 0.29) is 18.9 Å². The molecule has 90 valence electrons. The minimum Gasteiger partial charge on any atom is -0.466 e. The van der Waals surface area contributed by atoms with Crippen LogP contribution in [0.25, 0.3) is 0 Å². The van der Waals surface area contributed by atoms with Gasteiger partial charge in [-0.15, -0.1) is 0 Å². The molecular weight excluding hydrogens is 194 g/mol. The predicted molar refractivity (Wildman–Crippen MR) is 59.4 cm³/mol. The number of carbonyl (C=O) groups excluding carboxylic acids is 1. The summed E-state index contributed by atoms with van der Waals surface area (Å²) < 4.78 is 4.97. The Kier molecular flexibility index (Phi) is 7.34. The highest BCUT2D eigenvalue weighted by Gasteiger charge is 2.23. The van der Waals surface area contributed by atoms with Gasteiger partial charge in [-0.25, -0.2) is 0 Å². The summed E-state index contributed by atoms with van der Waals surface area (Å²) >= 11 is 0. The van der Waals surface area contributed by atoms with Gasteiger partial charge in [0, 0.05) is 6.54 Å². The van der Waals surface area contributed by atoms with E-state index < -0.39 is 5.60 Å². The van der Waals surface area contributed by atoms with E-state index >= 15 is 0 Å². The van der Waals surface area contributed by atoms with E-state index in [1.807, 2.05) is 0 Å². The topological polar surface area (TPSA) is 72.5 Å². The molecule has 0 aliphatic carbocycles. The number of nitrogens with two attached hydrogens (primary N) is 1. The molecule has 0 aromatic heterocycles. The van der Waals surface area contributed by atoms with E-state index in [0.717, 1.165) is 25.7 Å². The van der Waals surface area contributed by atoms with Gasteiger partial charge in [0.15, 0.2) is 0 Å². The number of hydrogen-bond acceptors (Lipinski definition) is 4. The van der Waals surface area contributed by atoms with E-state index in [4.69, 9.17) is 10.5 Å². The lowest BCUT2D eigenvalue weighted by atomic mass is 10.0. The molecule has 0 heterocycles. The molecular formula is C11H23NO3. The van der Waals surface area contributed by atoms with E-state index in [1.54, 1.807) is 0 Å². The number of aliphatic hydroxyl groups is 1. The second kappa shape index (κ2) is 7.65. The first-order valence-electron chi connectivity index (χ1n) is 5.60. The third-order valence-corrected chi connectivity index (χ3v) is 2.23. The zero-order chi connectivity index (χ0) is 11.7. The number of unbranched alkanes of at least 4 members (excludes halogenated alkanes) is 3. The third kappa shape index (κ3) is 8.39. The Balaban J connectivity index is 3.49. The van der Waals surface area contributed by atoms with E-state index in [0.29, 0.717) is 6.61 Å². The van der Waals surface area contributed by atoms with Crippen molar-refractivity contribution in [2.45, 2.75) is 51.6 Å². The molecule has 0 bridgehead atoms. The lowest BCUT2D eigenvalue weighted by Crippen LogP contribution is -2.37. The molecule has 0 saturated heterocycles. The van der Waals surface area contributed by atoms with Crippen LogP contribution in [0.1, 0.15) is 46.0 Å². The maximum Gasteiger partial charge on any atom is 0.308 e. The summed E-state index contributed by atoms with van der Waals surface area (Å²) in [5.74, 6) is -0.373. The Morgan fingerprint density at radius 3 is 2.60 bits per heavy atom. The Bertz CT molecular complexity index is 181. The van der Waals surface area contributed by atoms with Crippen LogP contribution in [0, 0.1) is 0 Å². The van der Waals surface area contributed by atoms with Crippen molar-refractivity contribution in [1.82, 2.24) is 0 Å². The molecule has 0 amide bonds. The van der Waals surface area contributed by atoms with Crippen molar-refractivity contribution in [3.05, 3.63) is 0 Å². The lowest BCUT2D eigenvalue weighted by Gasteiger charge is -2.19. The Labute approximate surface area is 91.8 Å². The van der Waals surface area contributed by atoms with E-state index in [9.17, 15) is 9.90 Å². The zero-order valence-corrected chi connectivity index (χ0v) is 9.79. The molecule has 0 spiro atoms. The molecule has 4 heteroatoms. The van der Waals surface area contributed by atoms with Gasteiger partial charge in [-0.3, -0.25) is 4.79 Å². The van der Waals surface area contributed by atoms with Gasteiger partial charge in [0.2, 0.25) is 0 Å². The van der Waals surface area contributed by atoms with Crippen molar-refractivity contribution < 1.29 is 14.6 Å². The molecule has 1 unspecified atom stereocenters. The lowest BCUT2D eigenvalue weighted by molar-refractivity contribution is -0.148. The number of ether oxygens (including phenoxy) is 1. The SMILES string of the molecule is CCCCCCOC(=O)CC(C)(O)CN. The van der Waals surface area contributed by atoms with Crippen molar-refractivity contribution in [2.24, 2.45) is 5.73 Å². The summed E-state index contributed by atoms with van der Waals surface area (Å²) in [5.41, 5.74) is 4.15. The first-order chi connectivity index (χ1) is 7.02. The Morgan fingerprint density at radius 1 is 1.40 bits per heavy atom. The molecule has 15 heavy (non-hydrogen) atoms. The van der Waals surface area contributed by atoms with Gasteiger partial charge in [-0.05, 0) is 13.3 Å². The van der Waals surface area contributed by atoms with Crippen LogP contribution in [0.2, 0.25) is 0 Å². The average Bonchev–Trinajstić information content (AvgIpc) is 2.17. The van der Waals surface area contributed by atoms with Crippen LogP contribution in [-0.4, -0.2) is 29.8 Å². The fourth-order valence-corrected chi connectivity index (χ4v) is 1.15. The summed E-state index contributed by atoms with van der Waals surface area (Å²) in [7, 11) is 0. The highest BCUT2D eigenvalue weighted by molar-refractivity contribution is 5.70. The fraction of sp³-hybridized carbons (Fsp3) is 0.909. The number of rotatable bonds is 8. The van der Waals surface area contributed by atoms with Crippen LogP contribution in [-0.2, 0) is 9.53 Å². The molecule has 0 aromatic carbocycles. The maximum atomic E-state index is 11.2. The Hall–Kier alpha value is -0.610. The quantitative estimate of drug-likeness (QED) is 0.473. The first kappa shape index (κ1) is 14.4. The van der Waals surface area contributed by atoms with Crippen LogP contribution >= 0.6 is 0 Å². The normalized spacial score (nSPS) is 14.7. The summed E-state index contributed by atoms with van der Waals surface area (Å²) in [4.78, 5) is 11.2. The number of carbonyl (C=O) groups is 1. The van der Waals surface area contributed by atoms with E-state index in [1.165, 1.54) is 6.92 Å². The van der Waals surface area contributed by atoms with Crippen molar-refractivity contribution in [2.75, 3.05) is 13.2 Å². The first-order valence-corrected chi connectivity index (χ1v) is 5.60. The van der Waals surface area contributed by atoms with Crippen LogP contribution in [0.4, 0.5) is 0 Å². The minimum atomic E-state index is -1.14. The van der Waals surface area contributed by atoms with Gasteiger partial charge >= 0.3 is 5.97 Å². The Morgan fingerprint density at radius 2 is 2.07 bits per heavy atom. The van der Waals surface area contributed by atoms with Crippen molar-refractivity contribution in [1.29, 1.82) is 0 Å². The van der Waals surface area contributed by atoms with Crippen LogP contribution in [0.5, 0.6) is 0 Å². The summed E-state index contributed by atoms with van der Waals surface area (Å²) in [5, 5.41) is 9.51. The molecule has 0 saturated carbocycles. The maximum absolute atomic E-state index is 11.2. The molecule has 4 nitrogen and oxygen atoms in total. The van der Waals surface area contributed by atoms with Crippen molar-refractivity contribution in [3.8, 4) is 0 Å². The van der Waals surface area contributed by atoms with Crippen LogP contribution < -0.4 is 5.73 Å². The van der Waals surface area contributed by atoms with Gasteiger partial charge in [0.1, 0.15) is 0 Å². The molecule has 0 fully saturated rings. The fourth-order valence-electron chi connectivity index (χ4n) is 1.15. The molecule has 0 aromatic rings. The van der Waals surface area contributed by atoms with Crippen molar-refractivity contribution in [3.63, 3.8) is 0 Å². The number of esters is 1. The molecule has 0 radical (unpaired) electrons. The second-order valence-corrected chi connectivity index (χ2v) is 4.16. The van der Waals surface area contributed by atoms with Gasteiger partial charge in [-0.2, -0.15) is 0 Å². The van der Waals surface area contributed by atoms with Crippen LogP contribution in [0.3, 0.4) is 0 Å². The molecule has 0 rings (SSSR count). The van der Waals surface area contributed by atoms with Crippen molar-refractivity contribution >= 4 is 5.97 Å². The molecule has 0 aliphatic rings. The summed E-state index contributed by atoms with van der Waals surface area (Å²) in [6.07, 6.45) is 4.27. The van der Waals surface area contributed by atoms with Gasteiger partial charge < -0.3 is 15.6 Å². The summed E-state index contributed by atoms with van der Waals surface area (Å²) in [6.45, 7) is 4.17. The molecule has 1 atom stereocenters. The smallest absolute Gasteiger partial charge is 0.308 e. The predicted octanol–water partition coefficient (Wildman–Crippen LogP) is 1.21. The standard InChI is InChI=1S/C11H23NO3/c1-3-4-5-6-7-15-10(13)8-11(2,14)9-12/h14H,3-9,12H2,1-2H3.